The standard InChI is InChI=1S/C17H13FN2O2/c18-13-5-3-6-14(10-13)19-16(21)11-20-9-8-12-4-1-2-7-15(12)17(20)22/h1-10H,11H2,(H,19,21). The number of halogens is 1. The fourth-order valence-electron chi connectivity index (χ4n) is 2.28. The molecule has 0 unspecified atom stereocenters. The SMILES string of the molecule is O=C(Cn1ccc2ccccc2c1=O)Nc1cccc(F)c1. The second-order valence-electron chi connectivity index (χ2n) is 4.89. The first-order valence-electron chi connectivity index (χ1n) is 6.77. The highest BCUT2D eigenvalue weighted by Crippen LogP contribution is 2.10. The van der Waals surface area contributed by atoms with Crippen molar-refractivity contribution in [2.45, 2.75) is 6.54 Å². The number of anilines is 1. The Labute approximate surface area is 125 Å². The highest BCUT2D eigenvalue weighted by molar-refractivity contribution is 5.90. The number of hydrogen-bond donors (Lipinski definition) is 1. The summed E-state index contributed by atoms with van der Waals surface area (Å²) in [6.45, 7) is -0.125. The van der Waals surface area contributed by atoms with Crippen molar-refractivity contribution in [3.05, 3.63) is 77.0 Å². The highest BCUT2D eigenvalue weighted by atomic mass is 19.1. The molecule has 0 atom stereocenters. The van der Waals surface area contributed by atoms with E-state index < -0.39 is 5.82 Å². The van der Waals surface area contributed by atoms with Crippen LogP contribution in [-0.4, -0.2) is 10.5 Å². The van der Waals surface area contributed by atoms with Crippen LogP contribution in [0.5, 0.6) is 0 Å². The average Bonchev–Trinajstić information content (AvgIpc) is 2.50. The summed E-state index contributed by atoms with van der Waals surface area (Å²) in [5, 5.41) is 3.95. The Bertz CT molecular complexity index is 902. The Balaban J connectivity index is 1.82. The molecule has 1 amide bonds. The summed E-state index contributed by atoms with van der Waals surface area (Å²) in [6.07, 6.45) is 1.58. The van der Waals surface area contributed by atoms with E-state index in [4.69, 9.17) is 0 Å². The lowest BCUT2D eigenvalue weighted by Gasteiger charge is -2.08. The first-order valence-corrected chi connectivity index (χ1v) is 6.77. The Hall–Kier alpha value is -2.95. The molecule has 3 aromatic rings. The van der Waals surface area contributed by atoms with Gasteiger partial charge < -0.3 is 9.88 Å². The number of rotatable bonds is 3. The molecule has 2 aromatic carbocycles. The maximum absolute atomic E-state index is 13.1. The van der Waals surface area contributed by atoms with Crippen LogP contribution < -0.4 is 10.9 Å². The van der Waals surface area contributed by atoms with E-state index in [1.807, 2.05) is 12.1 Å². The van der Waals surface area contributed by atoms with Gasteiger partial charge >= 0.3 is 0 Å². The van der Waals surface area contributed by atoms with E-state index in [0.29, 0.717) is 11.1 Å². The van der Waals surface area contributed by atoms with Crippen LogP contribution in [0.3, 0.4) is 0 Å². The zero-order chi connectivity index (χ0) is 15.5. The summed E-state index contributed by atoms with van der Waals surface area (Å²) in [4.78, 5) is 24.3. The molecule has 0 aliphatic rings. The van der Waals surface area contributed by atoms with Crippen molar-refractivity contribution in [3.8, 4) is 0 Å². The van der Waals surface area contributed by atoms with Crippen LogP contribution >= 0.6 is 0 Å². The highest BCUT2D eigenvalue weighted by Gasteiger charge is 2.07. The van der Waals surface area contributed by atoms with Crippen LogP contribution in [-0.2, 0) is 11.3 Å². The first kappa shape index (κ1) is 14.0. The number of carbonyl (C=O) groups is 1. The van der Waals surface area contributed by atoms with Crippen LogP contribution in [0.15, 0.2) is 65.6 Å². The smallest absolute Gasteiger partial charge is 0.258 e. The zero-order valence-corrected chi connectivity index (χ0v) is 11.6. The molecule has 0 saturated carbocycles. The number of nitrogens with one attached hydrogen (secondary N) is 1. The van der Waals surface area contributed by atoms with Gasteiger partial charge in [0.2, 0.25) is 5.91 Å². The molecule has 0 aliphatic carbocycles. The van der Waals surface area contributed by atoms with Gasteiger partial charge in [0.05, 0.1) is 0 Å². The van der Waals surface area contributed by atoms with Crippen LogP contribution in [0.1, 0.15) is 0 Å². The molecule has 0 spiro atoms. The summed E-state index contributed by atoms with van der Waals surface area (Å²) in [5.41, 5.74) is 0.131. The van der Waals surface area contributed by atoms with Crippen molar-refractivity contribution in [2.24, 2.45) is 0 Å². The minimum Gasteiger partial charge on any atom is -0.324 e. The maximum Gasteiger partial charge on any atom is 0.258 e. The van der Waals surface area contributed by atoms with Crippen molar-refractivity contribution >= 4 is 22.4 Å². The fourth-order valence-corrected chi connectivity index (χ4v) is 2.28. The van der Waals surface area contributed by atoms with Gasteiger partial charge in [0.15, 0.2) is 0 Å². The van der Waals surface area contributed by atoms with Gasteiger partial charge in [-0.25, -0.2) is 4.39 Å². The third kappa shape index (κ3) is 2.88. The van der Waals surface area contributed by atoms with E-state index in [-0.39, 0.29) is 18.0 Å². The average molecular weight is 296 g/mol. The third-order valence-electron chi connectivity index (χ3n) is 3.31. The topological polar surface area (TPSA) is 51.1 Å². The predicted octanol–water partition coefficient (Wildman–Crippen LogP) is 2.78. The molecule has 4 nitrogen and oxygen atoms in total. The molecule has 0 fully saturated rings. The summed E-state index contributed by atoms with van der Waals surface area (Å²) < 4.78 is 14.4. The lowest BCUT2D eigenvalue weighted by atomic mass is 10.2. The van der Waals surface area contributed by atoms with Crippen molar-refractivity contribution in [1.82, 2.24) is 4.57 Å². The van der Waals surface area contributed by atoms with Crippen molar-refractivity contribution < 1.29 is 9.18 Å². The van der Waals surface area contributed by atoms with E-state index >= 15 is 0 Å². The monoisotopic (exact) mass is 296 g/mol. The molecule has 0 radical (unpaired) electrons. The van der Waals surface area contributed by atoms with Gasteiger partial charge in [-0.05, 0) is 35.7 Å². The molecular weight excluding hydrogens is 283 g/mol. The second-order valence-corrected chi connectivity index (χ2v) is 4.89. The van der Waals surface area contributed by atoms with Gasteiger partial charge in [-0.1, -0.05) is 24.3 Å². The number of hydrogen-bond acceptors (Lipinski definition) is 2. The molecule has 110 valence electrons. The fraction of sp³-hybridized carbons (Fsp3) is 0.0588. The zero-order valence-electron chi connectivity index (χ0n) is 11.6. The van der Waals surface area contributed by atoms with E-state index in [1.165, 1.54) is 22.8 Å². The van der Waals surface area contributed by atoms with E-state index in [0.717, 1.165) is 5.39 Å². The Kier molecular flexibility index (Phi) is 3.70. The van der Waals surface area contributed by atoms with E-state index in [1.54, 1.807) is 30.5 Å². The number of pyridine rings is 1. The minimum atomic E-state index is -0.430. The molecule has 0 aliphatic heterocycles. The summed E-state index contributed by atoms with van der Waals surface area (Å²) >= 11 is 0. The Morgan fingerprint density at radius 1 is 1.09 bits per heavy atom. The van der Waals surface area contributed by atoms with Crippen molar-refractivity contribution in [1.29, 1.82) is 0 Å². The first-order chi connectivity index (χ1) is 10.6. The van der Waals surface area contributed by atoms with E-state index in [9.17, 15) is 14.0 Å². The van der Waals surface area contributed by atoms with Crippen molar-refractivity contribution in [2.75, 3.05) is 5.32 Å². The number of carbonyl (C=O) groups excluding carboxylic acids is 1. The van der Waals surface area contributed by atoms with Crippen LogP contribution in [0.4, 0.5) is 10.1 Å². The van der Waals surface area contributed by atoms with Gasteiger partial charge in [-0.15, -0.1) is 0 Å². The number of benzene rings is 2. The summed E-state index contributed by atoms with van der Waals surface area (Å²) in [5.74, 6) is -0.816. The molecular formula is C17H13FN2O2. The molecule has 22 heavy (non-hydrogen) atoms. The predicted molar refractivity (Wildman–Crippen MR) is 83.2 cm³/mol. The van der Waals surface area contributed by atoms with Crippen LogP contribution in [0, 0.1) is 5.82 Å². The molecule has 1 heterocycles. The molecule has 1 N–H and O–H groups in total. The molecule has 5 heteroatoms. The Morgan fingerprint density at radius 3 is 2.73 bits per heavy atom. The van der Waals surface area contributed by atoms with Gasteiger partial charge in [-0.2, -0.15) is 0 Å². The van der Waals surface area contributed by atoms with E-state index in [2.05, 4.69) is 5.32 Å². The maximum atomic E-state index is 13.1. The minimum absolute atomic E-state index is 0.125. The largest absolute Gasteiger partial charge is 0.324 e. The van der Waals surface area contributed by atoms with Gasteiger partial charge in [0.1, 0.15) is 12.4 Å². The normalized spacial score (nSPS) is 10.6. The van der Waals surface area contributed by atoms with Crippen molar-refractivity contribution in [3.63, 3.8) is 0 Å². The lowest BCUT2D eigenvalue weighted by Crippen LogP contribution is -2.27. The van der Waals surface area contributed by atoms with Gasteiger partial charge in [0.25, 0.3) is 5.56 Å². The molecule has 0 saturated heterocycles. The molecule has 3 rings (SSSR count). The van der Waals surface area contributed by atoms with Crippen LogP contribution in [0.25, 0.3) is 10.8 Å². The van der Waals surface area contributed by atoms with Gasteiger partial charge in [0, 0.05) is 17.3 Å². The summed E-state index contributed by atoms with van der Waals surface area (Å²) in [6, 6.07) is 14.6. The van der Waals surface area contributed by atoms with Gasteiger partial charge in [-0.3, -0.25) is 9.59 Å². The lowest BCUT2D eigenvalue weighted by molar-refractivity contribution is -0.116. The quantitative estimate of drug-likeness (QED) is 0.808. The number of aromatic nitrogens is 1. The Morgan fingerprint density at radius 2 is 1.91 bits per heavy atom. The molecule has 0 bridgehead atoms. The van der Waals surface area contributed by atoms with Crippen LogP contribution in [0.2, 0.25) is 0 Å². The molecule has 1 aromatic heterocycles. The summed E-state index contributed by atoms with van der Waals surface area (Å²) in [7, 11) is 0. The number of amides is 1. The third-order valence-corrected chi connectivity index (χ3v) is 3.31. The number of fused-ring (bicyclic) bond motifs is 1. The number of nitrogens with zero attached hydrogens (tertiary/aromatic N) is 1. The second kappa shape index (κ2) is 5.81.